The van der Waals surface area contributed by atoms with Gasteiger partial charge in [0.2, 0.25) is 0 Å². The Kier molecular flexibility index (Phi) is 6.06. The van der Waals surface area contributed by atoms with Gasteiger partial charge in [0.25, 0.3) is 0 Å². The zero-order valence-electron chi connectivity index (χ0n) is 7.84. The summed E-state index contributed by atoms with van der Waals surface area (Å²) in [6.07, 6.45) is 7.15. The van der Waals surface area contributed by atoms with Crippen molar-refractivity contribution >= 4 is 26.4 Å². The molecule has 0 aliphatic carbocycles. The summed E-state index contributed by atoms with van der Waals surface area (Å²) >= 11 is 3.17. The van der Waals surface area contributed by atoms with E-state index in [0.29, 0.717) is 4.62 Å². The second kappa shape index (κ2) is 6.54. The van der Waals surface area contributed by atoms with Crippen LogP contribution in [0.25, 0.3) is 0 Å². The molecule has 0 aromatic carbocycles. The van der Waals surface area contributed by atoms with Crippen LogP contribution in [0.4, 0.5) is 0 Å². The highest BCUT2D eigenvalue weighted by Crippen LogP contribution is 2.00. The van der Waals surface area contributed by atoms with Crippen LogP contribution >= 0.6 is 15.9 Å². The van der Waals surface area contributed by atoms with Crippen molar-refractivity contribution in [1.82, 2.24) is 0 Å². The van der Waals surface area contributed by atoms with Crippen LogP contribution in [0.5, 0.6) is 0 Å². The molecule has 0 unspecified atom stereocenters. The lowest BCUT2D eigenvalue weighted by molar-refractivity contribution is 1.39. The van der Waals surface area contributed by atoms with Crippen molar-refractivity contribution in [3.8, 4) is 0 Å². The normalized spacial score (nSPS) is 13.5. The molecule has 0 bridgehead atoms. The molecule has 0 spiro atoms. The lowest BCUT2D eigenvalue weighted by Gasteiger charge is -1.95. The SMILES string of the molecule is C=C/C=C\C=C(/C)C(=N)N=C(C)Br. The van der Waals surface area contributed by atoms with Crippen LogP contribution in [0, 0.1) is 5.41 Å². The summed E-state index contributed by atoms with van der Waals surface area (Å²) in [5.74, 6) is 0.267. The molecule has 0 saturated carbocycles. The Balaban J connectivity index is 4.42. The number of halogens is 1. The zero-order valence-corrected chi connectivity index (χ0v) is 9.43. The first kappa shape index (κ1) is 12.0. The Bertz CT molecular complexity index is 281. The number of nitrogens with zero attached hydrogens (tertiary/aromatic N) is 1. The smallest absolute Gasteiger partial charge is 0.148 e. The van der Waals surface area contributed by atoms with Gasteiger partial charge in [0, 0.05) is 0 Å². The van der Waals surface area contributed by atoms with Gasteiger partial charge in [-0.15, -0.1) is 0 Å². The van der Waals surface area contributed by atoms with Crippen molar-refractivity contribution in [2.24, 2.45) is 4.99 Å². The molecule has 0 radical (unpaired) electrons. The lowest BCUT2D eigenvalue weighted by Crippen LogP contribution is -1.95. The van der Waals surface area contributed by atoms with Gasteiger partial charge in [0.05, 0.1) is 4.62 Å². The zero-order chi connectivity index (χ0) is 10.3. The number of amidine groups is 1. The van der Waals surface area contributed by atoms with Gasteiger partial charge in [-0.1, -0.05) is 30.9 Å². The number of hydrogen-bond donors (Lipinski definition) is 1. The van der Waals surface area contributed by atoms with Crippen molar-refractivity contribution in [2.45, 2.75) is 13.8 Å². The number of allylic oxidation sites excluding steroid dienone is 4. The van der Waals surface area contributed by atoms with E-state index in [4.69, 9.17) is 5.41 Å². The van der Waals surface area contributed by atoms with Crippen molar-refractivity contribution in [3.63, 3.8) is 0 Å². The molecule has 0 saturated heterocycles. The van der Waals surface area contributed by atoms with Crippen molar-refractivity contribution < 1.29 is 0 Å². The van der Waals surface area contributed by atoms with Crippen LogP contribution in [-0.4, -0.2) is 10.5 Å². The van der Waals surface area contributed by atoms with Gasteiger partial charge >= 0.3 is 0 Å². The van der Waals surface area contributed by atoms with Crippen molar-refractivity contribution in [3.05, 3.63) is 36.5 Å². The quantitative estimate of drug-likeness (QED) is 0.446. The minimum Gasteiger partial charge on any atom is -0.283 e. The second-order valence-electron chi connectivity index (χ2n) is 2.43. The number of hydrogen-bond acceptors (Lipinski definition) is 1. The van der Waals surface area contributed by atoms with Crippen LogP contribution in [0.2, 0.25) is 0 Å². The van der Waals surface area contributed by atoms with Gasteiger partial charge in [0.15, 0.2) is 0 Å². The van der Waals surface area contributed by atoms with Crippen molar-refractivity contribution in [1.29, 1.82) is 5.41 Å². The average Bonchev–Trinajstić information content (AvgIpc) is 2.03. The number of rotatable bonds is 3. The summed E-state index contributed by atoms with van der Waals surface area (Å²) < 4.78 is 0.706. The van der Waals surface area contributed by atoms with Crippen LogP contribution in [0.15, 0.2) is 41.4 Å². The van der Waals surface area contributed by atoms with Gasteiger partial charge in [-0.3, -0.25) is 5.41 Å². The van der Waals surface area contributed by atoms with Gasteiger partial charge < -0.3 is 0 Å². The molecule has 0 heterocycles. The maximum absolute atomic E-state index is 7.52. The summed E-state index contributed by atoms with van der Waals surface area (Å²) in [7, 11) is 0. The molecular formula is C10H13BrN2. The van der Waals surface area contributed by atoms with E-state index < -0.39 is 0 Å². The van der Waals surface area contributed by atoms with Crippen molar-refractivity contribution in [2.75, 3.05) is 0 Å². The number of aliphatic imine (C=N–C) groups is 1. The Morgan fingerprint density at radius 1 is 1.38 bits per heavy atom. The molecule has 0 atom stereocenters. The highest BCUT2D eigenvalue weighted by Gasteiger charge is 1.94. The molecule has 1 N–H and O–H groups in total. The Labute approximate surface area is 87.4 Å². The third-order valence-corrected chi connectivity index (χ3v) is 1.41. The van der Waals surface area contributed by atoms with Crippen LogP contribution in [0.3, 0.4) is 0 Å². The van der Waals surface area contributed by atoms with Gasteiger partial charge in [-0.05, 0) is 35.4 Å². The fraction of sp³-hybridized carbons (Fsp3) is 0.200. The molecule has 70 valence electrons. The maximum atomic E-state index is 7.52. The molecule has 2 nitrogen and oxygen atoms in total. The van der Waals surface area contributed by atoms with Gasteiger partial charge in [0.1, 0.15) is 5.84 Å². The molecular weight excluding hydrogens is 228 g/mol. The van der Waals surface area contributed by atoms with E-state index in [1.807, 2.05) is 25.2 Å². The Morgan fingerprint density at radius 2 is 2.00 bits per heavy atom. The predicted molar refractivity (Wildman–Crippen MR) is 62.9 cm³/mol. The summed E-state index contributed by atoms with van der Waals surface area (Å²) in [4.78, 5) is 3.94. The highest BCUT2D eigenvalue weighted by molar-refractivity contribution is 9.18. The minimum atomic E-state index is 0.267. The molecule has 0 aromatic rings. The van der Waals surface area contributed by atoms with Crippen LogP contribution in [0.1, 0.15) is 13.8 Å². The second-order valence-corrected chi connectivity index (χ2v) is 3.58. The van der Waals surface area contributed by atoms with Crippen LogP contribution < -0.4 is 0 Å². The van der Waals surface area contributed by atoms with E-state index in [9.17, 15) is 0 Å². The summed E-state index contributed by atoms with van der Waals surface area (Å²) in [6.45, 7) is 7.18. The fourth-order valence-corrected chi connectivity index (χ4v) is 0.777. The first-order valence-electron chi connectivity index (χ1n) is 3.83. The van der Waals surface area contributed by atoms with Gasteiger partial charge in [-0.25, -0.2) is 4.99 Å². The average molecular weight is 241 g/mol. The molecule has 0 aromatic heterocycles. The molecule has 0 fully saturated rings. The minimum absolute atomic E-state index is 0.267. The summed E-state index contributed by atoms with van der Waals surface area (Å²) in [5.41, 5.74) is 0.817. The van der Waals surface area contributed by atoms with Crippen LogP contribution in [-0.2, 0) is 0 Å². The highest BCUT2D eigenvalue weighted by atomic mass is 79.9. The molecule has 0 aliphatic heterocycles. The molecule has 0 aliphatic rings. The third kappa shape index (κ3) is 6.22. The molecule has 0 rings (SSSR count). The molecule has 0 amide bonds. The summed E-state index contributed by atoms with van der Waals surface area (Å²) in [6, 6.07) is 0. The molecule has 3 heteroatoms. The van der Waals surface area contributed by atoms with E-state index >= 15 is 0 Å². The maximum Gasteiger partial charge on any atom is 0.148 e. The van der Waals surface area contributed by atoms with E-state index in [-0.39, 0.29) is 5.84 Å². The lowest BCUT2D eigenvalue weighted by atomic mass is 10.2. The van der Waals surface area contributed by atoms with E-state index in [0.717, 1.165) is 5.57 Å². The van der Waals surface area contributed by atoms with E-state index in [1.165, 1.54) is 0 Å². The van der Waals surface area contributed by atoms with E-state index in [1.54, 1.807) is 13.0 Å². The standard InChI is InChI=1S/C10H13BrN2/c1-4-5-6-7-8(2)10(12)13-9(3)11/h4-7,12H,1H2,2-3H3/b6-5-,8-7+,12-10?,13-9?. The third-order valence-electron chi connectivity index (χ3n) is 1.23. The van der Waals surface area contributed by atoms with Gasteiger partial charge in [-0.2, -0.15) is 0 Å². The number of nitrogens with one attached hydrogen (secondary N) is 1. The largest absolute Gasteiger partial charge is 0.283 e. The Morgan fingerprint density at radius 3 is 2.46 bits per heavy atom. The van der Waals surface area contributed by atoms with E-state index in [2.05, 4.69) is 27.5 Å². The first-order chi connectivity index (χ1) is 6.07. The fourth-order valence-electron chi connectivity index (χ4n) is 0.600. The first-order valence-corrected chi connectivity index (χ1v) is 4.63. The topological polar surface area (TPSA) is 36.2 Å². The predicted octanol–water partition coefficient (Wildman–Crippen LogP) is 3.47. The monoisotopic (exact) mass is 240 g/mol. The Hall–Kier alpha value is -0.960. The molecule has 13 heavy (non-hydrogen) atoms. The summed E-state index contributed by atoms with van der Waals surface area (Å²) in [5, 5.41) is 7.52.